The van der Waals surface area contributed by atoms with Crippen molar-refractivity contribution in [2.75, 3.05) is 31.0 Å². The second kappa shape index (κ2) is 8.18. The van der Waals surface area contributed by atoms with Gasteiger partial charge in [-0.2, -0.15) is 0 Å². The Bertz CT molecular complexity index is 731. The summed E-state index contributed by atoms with van der Waals surface area (Å²) in [4.78, 5) is 16.5. The molecule has 2 heterocycles. The number of pyridine rings is 1. The van der Waals surface area contributed by atoms with Gasteiger partial charge in [-0.05, 0) is 43.2 Å². The van der Waals surface area contributed by atoms with Gasteiger partial charge in [-0.25, -0.2) is 4.98 Å². The van der Waals surface area contributed by atoms with Crippen molar-refractivity contribution >= 4 is 34.7 Å². The van der Waals surface area contributed by atoms with Crippen molar-refractivity contribution < 1.29 is 14.3 Å². The van der Waals surface area contributed by atoms with Gasteiger partial charge >= 0.3 is 0 Å². The number of aromatic nitrogens is 1. The average Bonchev–Trinajstić information content (AvgIpc) is 2.64. The number of rotatable bonds is 5. The highest BCUT2D eigenvalue weighted by Gasteiger charge is 2.21. The summed E-state index contributed by atoms with van der Waals surface area (Å²) in [7, 11) is 1.60. The van der Waals surface area contributed by atoms with E-state index in [9.17, 15) is 4.79 Å². The molecule has 3 rings (SSSR count). The molecule has 0 spiro atoms. The SMILES string of the molecule is COc1ccc(Cl)cc1Nc1ccc(NC(=O)C2CCOCC2)nc1. The summed E-state index contributed by atoms with van der Waals surface area (Å²) in [5.74, 6) is 1.19. The fraction of sp³-hybridized carbons (Fsp3) is 0.333. The first kappa shape index (κ1) is 17.5. The zero-order chi connectivity index (χ0) is 17.6. The van der Waals surface area contributed by atoms with E-state index >= 15 is 0 Å². The molecule has 1 amide bonds. The molecule has 7 heteroatoms. The number of ether oxygens (including phenoxy) is 2. The average molecular weight is 362 g/mol. The molecule has 0 atom stereocenters. The van der Waals surface area contributed by atoms with Crippen LogP contribution in [0.4, 0.5) is 17.2 Å². The number of hydrogen-bond donors (Lipinski definition) is 2. The Morgan fingerprint density at radius 3 is 2.76 bits per heavy atom. The van der Waals surface area contributed by atoms with Gasteiger partial charge in [0.05, 0.1) is 24.7 Å². The van der Waals surface area contributed by atoms with E-state index in [4.69, 9.17) is 21.1 Å². The molecular formula is C18H20ClN3O3. The highest BCUT2D eigenvalue weighted by molar-refractivity contribution is 6.31. The third kappa shape index (κ3) is 4.61. The second-order valence-corrected chi connectivity index (χ2v) is 6.21. The van der Waals surface area contributed by atoms with Crippen LogP contribution >= 0.6 is 11.6 Å². The molecule has 25 heavy (non-hydrogen) atoms. The summed E-state index contributed by atoms with van der Waals surface area (Å²) < 4.78 is 10.6. The molecule has 1 aromatic carbocycles. The van der Waals surface area contributed by atoms with Crippen LogP contribution < -0.4 is 15.4 Å². The van der Waals surface area contributed by atoms with Crippen molar-refractivity contribution in [3.63, 3.8) is 0 Å². The standard InChI is InChI=1S/C18H20ClN3O3/c1-24-16-4-2-13(19)10-15(16)21-14-3-5-17(20-11-14)22-18(23)12-6-8-25-9-7-12/h2-5,10-12,21H,6-9H2,1H3,(H,20,22,23). The lowest BCUT2D eigenvalue weighted by molar-refractivity contribution is -0.122. The first-order valence-corrected chi connectivity index (χ1v) is 8.49. The number of halogens is 1. The molecule has 1 aliphatic rings. The van der Waals surface area contributed by atoms with Gasteiger partial charge in [0.25, 0.3) is 0 Å². The quantitative estimate of drug-likeness (QED) is 0.846. The summed E-state index contributed by atoms with van der Waals surface area (Å²) >= 11 is 6.03. The van der Waals surface area contributed by atoms with E-state index in [1.807, 2.05) is 6.07 Å². The predicted octanol–water partition coefficient (Wildman–Crippen LogP) is 3.85. The molecule has 2 aromatic rings. The molecule has 0 aliphatic carbocycles. The number of anilines is 3. The number of benzene rings is 1. The van der Waals surface area contributed by atoms with E-state index in [0.29, 0.717) is 29.8 Å². The van der Waals surface area contributed by atoms with Crippen LogP contribution in [0.15, 0.2) is 36.5 Å². The van der Waals surface area contributed by atoms with Gasteiger partial charge < -0.3 is 20.1 Å². The second-order valence-electron chi connectivity index (χ2n) is 5.78. The predicted molar refractivity (Wildman–Crippen MR) is 97.7 cm³/mol. The monoisotopic (exact) mass is 361 g/mol. The third-order valence-electron chi connectivity index (χ3n) is 4.05. The lowest BCUT2D eigenvalue weighted by Gasteiger charge is -2.21. The fourth-order valence-corrected chi connectivity index (χ4v) is 2.84. The molecule has 0 bridgehead atoms. The molecule has 1 aliphatic heterocycles. The van der Waals surface area contributed by atoms with Crippen LogP contribution in [-0.2, 0) is 9.53 Å². The van der Waals surface area contributed by atoms with E-state index in [1.54, 1.807) is 37.6 Å². The minimum atomic E-state index is -0.0101. The van der Waals surface area contributed by atoms with Crippen LogP contribution in [0.25, 0.3) is 0 Å². The Balaban J connectivity index is 1.64. The fourth-order valence-electron chi connectivity index (χ4n) is 2.66. The molecule has 0 radical (unpaired) electrons. The Morgan fingerprint density at radius 1 is 1.28 bits per heavy atom. The van der Waals surface area contributed by atoms with Crippen molar-refractivity contribution in [3.05, 3.63) is 41.6 Å². The van der Waals surface area contributed by atoms with Gasteiger partial charge in [0.1, 0.15) is 11.6 Å². The summed E-state index contributed by atoms with van der Waals surface area (Å²) in [6.45, 7) is 1.27. The number of nitrogens with zero attached hydrogens (tertiary/aromatic N) is 1. The third-order valence-corrected chi connectivity index (χ3v) is 4.28. The normalized spacial score (nSPS) is 14.8. The summed E-state index contributed by atoms with van der Waals surface area (Å²) in [5.41, 5.74) is 1.51. The van der Waals surface area contributed by atoms with Crippen LogP contribution in [0.3, 0.4) is 0 Å². The van der Waals surface area contributed by atoms with Crippen LogP contribution in [0.2, 0.25) is 5.02 Å². The Labute approximate surface area is 151 Å². The van der Waals surface area contributed by atoms with E-state index < -0.39 is 0 Å². The molecular weight excluding hydrogens is 342 g/mol. The first-order valence-electron chi connectivity index (χ1n) is 8.11. The summed E-state index contributed by atoms with van der Waals surface area (Å²) in [6, 6.07) is 8.93. The van der Waals surface area contributed by atoms with Crippen LogP contribution in [0.1, 0.15) is 12.8 Å². The van der Waals surface area contributed by atoms with Crippen LogP contribution in [0, 0.1) is 5.92 Å². The maximum Gasteiger partial charge on any atom is 0.228 e. The van der Waals surface area contributed by atoms with E-state index in [0.717, 1.165) is 24.2 Å². The molecule has 1 saturated heterocycles. The molecule has 132 valence electrons. The van der Waals surface area contributed by atoms with Gasteiger partial charge in [-0.15, -0.1) is 0 Å². The highest BCUT2D eigenvalue weighted by Crippen LogP contribution is 2.30. The van der Waals surface area contributed by atoms with Gasteiger partial charge in [-0.3, -0.25) is 4.79 Å². The van der Waals surface area contributed by atoms with Gasteiger partial charge in [0, 0.05) is 24.2 Å². The Hall–Kier alpha value is -2.31. The number of amides is 1. The van der Waals surface area contributed by atoms with Gasteiger partial charge in [0.2, 0.25) is 5.91 Å². The molecule has 1 fully saturated rings. The number of hydrogen-bond acceptors (Lipinski definition) is 5. The molecule has 0 saturated carbocycles. The van der Waals surface area contributed by atoms with Crippen molar-refractivity contribution in [3.8, 4) is 5.75 Å². The highest BCUT2D eigenvalue weighted by atomic mass is 35.5. The molecule has 6 nitrogen and oxygen atoms in total. The lowest BCUT2D eigenvalue weighted by Crippen LogP contribution is -2.28. The number of nitrogens with one attached hydrogen (secondary N) is 2. The number of carbonyl (C=O) groups excluding carboxylic acids is 1. The zero-order valence-electron chi connectivity index (χ0n) is 13.9. The number of carbonyl (C=O) groups is 1. The smallest absolute Gasteiger partial charge is 0.228 e. The van der Waals surface area contributed by atoms with E-state index in [-0.39, 0.29) is 11.8 Å². The van der Waals surface area contributed by atoms with Crippen LogP contribution in [-0.4, -0.2) is 31.2 Å². The Morgan fingerprint density at radius 2 is 2.08 bits per heavy atom. The van der Waals surface area contributed by atoms with Crippen LogP contribution in [0.5, 0.6) is 5.75 Å². The van der Waals surface area contributed by atoms with Crippen molar-refractivity contribution in [1.29, 1.82) is 0 Å². The first-order chi connectivity index (χ1) is 12.2. The minimum Gasteiger partial charge on any atom is -0.495 e. The van der Waals surface area contributed by atoms with Gasteiger partial charge in [-0.1, -0.05) is 11.6 Å². The number of methoxy groups -OCH3 is 1. The van der Waals surface area contributed by atoms with Crippen molar-refractivity contribution in [2.45, 2.75) is 12.8 Å². The van der Waals surface area contributed by atoms with E-state index in [1.165, 1.54) is 0 Å². The maximum atomic E-state index is 12.2. The van der Waals surface area contributed by atoms with Crippen molar-refractivity contribution in [2.24, 2.45) is 5.92 Å². The molecule has 2 N–H and O–H groups in total. The topological polar surface area (TPSA) is 72.5 Å². The lowest BCUT2D eigenvalue weighted by atomic mass is 9.99. The molecule has 1 aromatic heterocycles. The van der Waals surface area contributed by atoms with Crippen molar-refractivity contribution in [1.82, 2.24) is 4.98 Å². The van der Waals surface area contributed by atoms with Gasteiger partial charge in [0.15, 0.2) is 0 Å². The molecule has 0 unspecified atom stereocenters. The largest absolute Gasteiger partial charge is 0.495 e. The minimum absolute atomic E-state index is 0.00646. The maximum absolute atomic E-state index is 12.2. The zero-order valence-corrected chi connectivity index (χ0v) is 14.7. The summed E-state index contributed by atoms with van der Waals surface area (Å²) in [5, 5.41) is 6.67. The van der Waals surface area contributed by atoms with E-state index in [2.05, 4.69) is 15.6 Å². The summed E-state index contributed by atoms with van der Waals surface area (Å²) in [6.07, 6.45) is 3.15. The Kier molecular flexibility index (Phi) is 5.73.